The zero-order chi connectivity index (χ0) is 15.3. The van der Waals surface area contributed by atoms with Gasteiger partial charge in [-0.15, -0.1) is 0 Å². The molecule has 0 aliphatic rings. The molecule has 4 nitrogen and oxygen atoms in total. The molecule has 2 N–H and O–H groups in total. The van der Waals surface area contributed by atoms with E-state index in [1.54, 1.807) is 12.1 Å². The van der Waals surface area contributed by atoms with Crippen molar-refractivity contribution in [2.75, 3.05) is 0 Å². The number of nitrogens with zero attached hydrogens (tertiary/aromatic N) is 1. The fraction of sp³-hybridized carbons (Fsp3) is 0.429. The highest BCUT2D eigenvalue weighted by atomic mass is 35.5. The molecule has 1 aromatic rings. The number of carbonyl (C=O) groups is 1. The SMILES string of the molecule is CC(C)C(O)CC(=O)NC(C#N)c1ccc(Cl)c(Cl)c1. The summed E-state index contributed by atoms with van der Waals surface area (Å²) in [4.78, 5) is 11.8. The highest BCUT2D eigenvalue weighted by molar-refractivity contribution is 6.42. The molecule has 1 rings (SSSR count). The van der Waals surface area contributed by atoms with Crippen molar-refractivity contribution in [3.63, 3.8) is 0 Å². The molecule has 0 radical (unpaired) electrons. The van der Waals surface area contributed by atoms with Crippen molar-refractivity contribution < 1.29 is 9.90 Å². The number of carbonyl (C=O) groups excluding carboxylic acids is 1. The van der Waals surface area contributed by atoms with Crippen LogP contribution in [0.25, 0.3) is 0 Å². The van der Waals surface area contributed by atoms with E-state index in [4.69, 9.17) is 28.5 Å². The second-order valence-electron chi connectivity index (χ2n) is 4.82. The molecule has 0 heterocycles. The first-order valence-electron chi connectivity index (χ1n) is 6.17. The maximum atomic E-state index is 11.8. The Labute approximate surface area is 128 Å². The van der Waals surface area contributed by atoms with Crippen LogP contribution in [-0.4, -0.2) is 17.1 Å². The second-order valence-corrected chi connectivity index (χ2v) is 5.63. The highest BCUT2D eigenvalue weighted by Gasteiger charge is 2.19. The quantitative estimate of drug-likeness (QED) is 0.877. The van der Waals surface area contributed by atoms with Gasteiger partial charge in [0, 0.05) is 0 Å². The molecule has 0 saturated heterocycles. The molecule has 0 fully saturated rings. The normalized spacial score (nSPS) is 13.7. The molecule has 20 heavy (non-hydrogen) atoms. The molecule has 108 valence electrons. The maximum Gasteiger partial charge on any atom is 0.223 e. The van der Waals surface area contributed by atoms with Crippen molar-refractivity contribution in [1.82, 2.24) is 5.32 Å². The summed E-state index contributed by atoms with van der Waals surface area (Å²) in [6.45, 7) is 3.64. The van der Waals surface area contributed by atoms with Crippen LogP contribution in [0.4, 0.5) is 0 Å². The van der Waals surface area contributed by atoms with Gasteiger partial charge in [0.25, 0.3) is 0 Å². The van der Waals surface area contributed by atoms with E-state index in [-0.39, 0.29) is 18.2 Å². The van der Waals surface area contributed by atoms with Crippen LogP contribution in [0.5, 0.6) is 0 Å². The molecule has 0 aliphatic heterocycles. The first kappa shape index (κ1) is 16.8. The van der Waals surface area contributed by atoms with E-state index in [9.17, 15) is 9.90 Å². The monoisotopic (exact) mass is 314 g/mol. The van der Waals surface area contributed by atoms with Crippen LogP contribution in [0.1, 0.15) is 31.9 Å². The average molecular weight is 315 g/mol. The minimum Gasteiger partial charge on any atom is -0.392 e. The Morgan fingerprint density at radius 1 is 1.40 bits per heavy atom. The van der Waals surface area contributed by atoms with Crippen LogP contribution in [0, 0.1) is 17.2 Å². The molecule has 0 saturated carbocycles. The fourth-order valence-corrected chi connectivity index (χ4v) is 1.83. The molecule has 0 spiro atoms. The molecule has 2 atom stereocenters. The molecular formula is C14H16Cl2N2O2. The zero-order valence-electron chi connectivity index (χ0n) is 11.2. The van der Waals surface area contributed by atoms with Crippen LogP contribution in [0.3, 0.4) is 0 Å². The van der Waals surface area contributed by atoms with Gasteiger partial charge in [-0.25, -0.2) is 0 Å². The largest absolute Gasteiger partial charge is 0.392 e. The van der Waals surface area contributed by atoms with Gasteiger partial charge in [0.05, 0.1) is 28.6 Å². The summed E-state index contributed by atoms with van der Waals surface area (Å²) in [5, 5.41) is 22.0. The third kappa shape index (κ3) is 4.68. The second kappa shape index (κ2) is 7.49. The highest BCUT2D eigenvalue weighted by Crippen LogP contribution is 2.25. The summed E-state index contributed by atoms with van der Waals surface area (Å²) in [7, 11) is 0. The van der Waals surface area contributed by atoms with Crippen LogP contribution >= 0.6 is 23.2 Å². The number of hydrogen-bond acceptors (Lipinski definition) is 3. The third-order valence-electron chi connectivity index (χ3n) is 2.88. The van der Waals surface area contributed by atoms with Gasteiger partial charge in [0.15, 0.2) is 0 Å². The minimum absolute atomic E-state index is 0.0220. The Hall–Kier alpha value is -1.28. The van der Waals surface area contributed by atoms with Crippen LogP contribution in [-0.2, 0) is 4.79 Å². The number of hydrogen-bond donors (Lipinski definition) is 2. The first-order chi connectivity index (χ1) is 9.35. The van der Waals surface area contributed by atoms with Crippen molar-refractivity contribution in [3.8, 4) is 6.07 Å². The van der Waals surface area contributed by atoms with E-state index in [1.807, 2.05) is 19.9 Å². The van der Waals surface area contributed by atoms with E-state index in [1.165, 1.54) is 6.07 Å². The number of amides is 1. The summed E-state index contributed by atoms with van der Waals surface area (Å²) in [6, 6.07) is 5.89. The van der Waals surface area contributed by atoms with Crippen molar-refractivity contribution in [1.29, 1.82) is 5.26 Å². The van der Waals surface area contributed by atoms with Gasteiger partial charge < -0.3 is 10.4 Å². The lowest BCUT2D eigenvalue weighted by Crippen LogP contribution is -2.32. The van der Waals surface area contributed by atoms with Crippen molar-refractivity contribution in [2.24, 2.45) is 5.92 Å². The van der Waals surface area contributed by atoms with Gasteiger partial charge in [-0.2, -0.15) is 5.26 Å². The minimum atomic E-state index is -0.823. The van der Waals surface area contributed by atoms with Crippen LogP contribution in [0.15, 0.2) is 18.2 Å². The van der Waals surface area contributed by atoms with Crippen molar-refractivity contribution >= 4 is 29.1 Å². The van der Waals surface area contributed by atoms with E-state index < -0.39 is 12.1 Å². The van der Waals surface area contributed by atoms with Gasteiger partial charge in [-0.3, -0.25) is 4.79 Å². The summed E-state index contributed by atoms with van der Waals surface area (Å²) in [5.41, 5.74) is 0.550. The number of benzene rings is 1. The number of rotatable bonds is 5. The molecule has 0 aliphatic carbocycles. The van der Waals surface area contributed by atoms with E-state index >= 15 is 0 Å². The predicted molar refractivity (Wildman–Crippen MR) is 78.4 cm³/mol. The van der Waals surface area contributed by atoms with Gasteiger partial charge in [0.1, 0.15) is 6.04 Å². The molecule has 0 aromatic heterocycles. The Kier molecular flexibility index (Phi) is 6.28. The van der Waals surface area contributed by atoms with Crippen LogP contribution in [0.2, 0.25) is 10.0 Å². The van der Waals surface area contributed by atoms with Gasteiger partial charge in [-0.05, 0) is 23.6 Å². The number of aliphatic hydroxyl groups excluding tert-OH is 1. The first-order valence-corrected chi connectivity index (χ1v) is 6.92. The van der Waals surface area contributed by atoms with Crippen LogP contribution < -0.4 is 5.32 Å². The maximum absolute atomic E-state index is 11.8. The molecular weight excluding hydrogens is 299 g/mol. The van der Waals surface area contributed by atoms with Gasteiger partial charge in [0.2, 0.25) is 5.91 Å². The summed E-state index contributed by atoms with van der Waals surface area (Å²) in [5.74, 6) is -0.407. The zero-order valence-corrected chi connectivity index (χ0v) is 12.7. The average Bonchev–Trinajstić information content (AvgIpc) is 2.39. The lowest BCUT2D eigenvalue weighted by molar-refractivity contribution is -0.124. The number of nitrogens with one attached hydrogen (secondary N) is 1. The molecule has 0 bridgehead atoms. The number of nitriles is 1. The number of aliphatic hydroxyl groups is 1. The topological polar surface area (TPSA) is 73.1 Å². The van der Waals surface area contributed by atoms with Crippen molar-refractivity contribution in [3.05, 3.63) is 33.8 Å². The summed E-state index contributed by atoms with van der Waals surface area (Å²) in [6.07, 6.45) is -0.778. The molecule has 1 aromatic carbocycles. The smallest absolute Gasteiger partial charge is 0.223 e. The standard InChI is InChI=1S/C14H16Cl2N2O2/c1-8(2)13(19)6-14(20)18-12(7-17)9-3-4-10(15)11(16)5-9/h3-5,8,12-13,19H,6H2,1-2H3,(H,18,20). The Morgan fingerprint density at radius 2 is 2.05 bits per heavy atom. The third-order valence-corrected chi connectivity index (χ3v) is 3.61. The summed E-state index contributed by atoms with van der Waals surface area (Å²) < 4.78 is 0. The molecule has 1 amide bonds. The Morgan fingerprint density at radius 3 is 2.55 bits per heavy atom. The lowest BCUT2D eigenvalue weighted by atomic mass is 10.0. The van der Waals surface area contributed by atoms with E-state index in [0.717, 1.165) is 0 Å². The number of halogens is 2. The van der Waals surface area contributed by atoms with Gasteiger partial charge in [-0.1, -0.05) is 43.1 Å². The molecule has 2 unspecified atom stereocenters. The molecule has 6 heteroatoms. The van der Waals surface area contributed by atoms with E-state index in [0.29, 0.717) is 15.6 Å². The summed E-state index contributed by atoms with van der Waals surface area (Å²) >= 11 is 11.7. The van der Waals surface area contributed by atoms with E-state index in [2.05, 4.69) is 5.32 Å². The lowest BCUT2D eigenvalue weighted by Gasteiger charge is -2.16. The predicted octanol–water partition coefficient (Wildman–Crippen LogP) is 3.08. The van der Waals surface area contributed by atoms with Gasteiger partial charge >= 0.3 is 0 Å². The Balaban J connectivity index is 2.75. The fourth-order valence-electron chi connectivity index (χ4n) is 1.53. The Bertz CT molecular complexity index is 526. The van der Waals surface area contributed by atoms with Crippen molar-refractivity contribution in [2.45, 2.75) is 32.4 Å².